The SMILES string of the molecule is COc1ccc(C(=O)CCC(=O)Nc2cc(Cl)cc(Cl)c2)c(OC)c1. The number of Topliss-reactive ketones (excluding diaryl/α,β-unsaturated/α-hetero) is 1. The average molecular weight is 382 g/mol. The zero-order chi connectivity index (χ0) is 18.4. The number of halogens is 2. The third kappa shape index (κ3) is 5.37. The van der Waals surface area contributed by atoms with E-state index in [2.05, 4.69) is 5.32 Å². The molecule has 5 nitrogen and oxygen atoms in total. The van der Waals surface area contributed by atoms with Gasteiger partial charge in [-0.15, -0.1) is 0 Å². The number of rotatable bonds is 7. The summed E-state index contributed by atoms with van der Waals surface area (Å²) in [5.74, 6) is 0.494. The van der Waals surface area contributed by atoms with E-state index in [0.717, 1.165) is 0 Å². The molecule has 25 heavy (non-hydrogen) atoms. The third-order valence-electron chi connectivity index (χ3n) is 3.43. The fourth-order valence-corrected chi connectivity index (χ4v) is 2.77. The fraction of sp³-hybridized carbons (Fsp3) is 0.222. The van der Waals surface area contributed by atoms with E-state index in [0.29, 0.717) is 32.8 Å². The van der Waals surface area contributed by atoms with Crippen molar-refractivity contribution in [1.29, 1.82) is 0 Å². The highest BCUT2D eigenvalue weighted by Gasteiger charge is 2.15. The average Bonchev–Trinajstić information content (AvgIpc) is 2.58. The van der Waals surface area contributed by atoms with Crippen LogP contribution in [0.4, 0.5) is 5.69 Å². The number of ketones is 1. The van der Waals surface area contributed by atoms with E-state index in [-0.39, 0.29) is 24.5 Å². The molecule has 0 aliphatic carbocycles. The molecule has 0 unspecified atom stereocenters. The summed E-state index contributed by atoms with van der Waals surface area (Å²) in [6, 6.07) is 9.65. The van der Waals surface area contributed by atoms with Crippen LogP contribution < -0.4 is 14.8 Å². The molecule has 0 fully saturated rings. The molecule has 7 heteroatoms. The smallest absolute Gasteiger partial charge is 0.224 e. The van der Waals surface area contributed by atoms with Crippen LogP contribution in [0.1, 0.15) is 23.2 Å². The van der Waals surface area contributed by atoms with Crippen LogP contribution in [0.2, 0.25) is 10.0 Å². The quantitative estimate of drug-likeness (QED) is 0.711. The number of benzene rings is 2. The molecule has 0 aliphatic rings. The van der Waals surface area contributed by atoms with E-state index in [4.69, 9.17) is 32.7 Å². The number of hydrogen-bond acceptors (Lipinski definition) is 4. The lowest BCUT2D eigenvalue weighted by atomic mass is 10.0. The Bertz CT molecular complexity index is 772. The number of carbonyl (C=O) groups excluding carboxylic acids is 2. The van der Waals surface area contributed by atoms with Crippen LogP contribution in [0.15, 0.2) is 36.4 Å². The van der Waals surface area contributed by atoms with Gasteiger partial charge < -0.3 is 14.8 Å². The summed E-state index contributed by atoms with van der Waals surface area (Å²) in [6.07, 6.45) is 0.0704. The molecular weight excluding hydrogens is 365 g/mol. The zero-order valence-corrected chi connectivity index (χ0v) is 15.3. The van der Waals surface area contributed by atoms with Crippen LogP contribution in [-0.4, -0.2) is 25.9 Å². The molecule has 0 saturated heterocycles. The molecule has 0 heterocycles. The van der Waals surface area contributed by atoms with Gasteiger partial charge in [-0.25, -0.2) is 0 Å². The molecule has 0 aliphatic heterocycles. The minimum Gasteiger partial charge on any atom is -0.497 e. The first-order valence-corrected chi connectivity index (χ1v) is 8.19. The monoisotopic (exact) mass is 381 g/mol. The maximum absolute atomic E-state index is 12.3. The Morgan fingerprint density at radius 3 is 2.24 bits per heavy atom. The predicted octanol–water partition coefficient (Wildman–Crippen LogP) is 4.61. The van der Waals surface area contributed by atoms with E-state index in [1.54, 1.807) is 36.4 Å². The standard InChI is InChI=1S/C18H17Cl2NO4/c1-24-14-3-4-15(17(10-14)25-2)16(22)5-6-18(23)21-13-8-11(19)7-12(20)9-13/h3-4,7-10H,5-6H2,1-2H3,(H,21,23). The Balaban J connectivity index is 1.98. The summed E-state index contributed by atoms with van der Waals surface area (Å²) in [5.41, 5.74) is 0.888. The summed E-state index contributed by atoms with van der Waals surface area (Å²) in [4.78, 5) is 24.4. The highest BCUT2D eigenvalue weighted by molar-refractivity contribution is 6.35. The molecule has 1 N–H and O–H groups in total. The molecule has 0 bridgehead atoms. The predicted molar refractivity (Wildman–Crippen MR) is 98.2 cm³/mol. The van der Waals surface area contributed by atoms with Gasteiger partial charge in [-0.1, -0.05) is 23.2 Å². The molecule has 0 radical (unpaired) electrons. The number of carbonyl (C=O) groups is 2. The van der Waals surface area contributed by atoms with Gasteiger partial charge in [-0.05, 0) is 30.3 Å². The van der Waals surface area contributed by atoms with Crippen molar-refractivity contribution in [3.63, 3.8) is 0 Å². The van der Waals surface area contributed by atoms with E-state index in [1.807, 2.05) is 0 Å². The van der Waals surface area contributed by atoms with Gasteiger partial charge in [0.05, 0.1) is 19.8 Å². The van der Waals surface area contributed by atoms with Crippen molar-refractivity contribution >= 4 is 40.6 Å². The zero-order valence-electron chi connectivity index (χ0n) is 13.8. The van der Waals surface area contributed by atoms with Gasteiger partial charge in [-0.2, -0.15) is 0 Å². The lowest BCUT2D eigenvalue weighted by Crippen LogP contribution is -2.14. The second-order valence-electron chi connectivity index (χ2n) is 5.20. The molecule has 132 valence electrons. The molecule has 2 aromatic rings. The summed E-state index contributed by atoms with van der Waals surface area (Å²) in [7, 11) is 3.00. The molecule has 2 aromatic carbocycles. The van der Waals surface area contributed by atoms with Crippen molar-refractivity contribution in [3.05, 3.63) is 52.0 Å². The van der Waals surface area contributed by atoms with Gasteiger partial charge >= 0.3 is 0 Å². The molecule has 0 atom stereocenters. The first kappa shape index (κ1) is 19.1. The molecule has 2 rings (SSSR count). The lowest BCUT2D eigenvalue weighted by molar-refractivity contribution is -0.116. The van der Waals surface area contributed by atoms with Crippen molar-refractivity contribution in [1.82, 2.24) is 0 Å². The highest BCUT2D eigenvalue weighted by Crippen LogP contribution is 2.26. The first-order chi connectivity index (χ1) is 11.9. The summed E-state index contributed by atoms with van der Waals surface area (Å²) in [5, 5.41) is 3.50. The molecule has 0 saturated carbocycles. The van der Waals surface area contributed by atoms with Crippen molar-refractivity contribution < 1.29 is 19.1 Å². The summed E-state index contributed by atoms with van der Waals surface area (Å²) < 4.78 is 10.3. The highest BCUT2D eigenvalue weighted by atomic mass is 35.5. The second-order valence-corrected chi connectivity index (χ2v) is 6.07. The van der Waals surface area contributed by atoms with E-state index in [1.165, 1.54) is 14.2 Å². The number of hydrogen-bond donors (Lipinski definition) is 1. The van der Waals surface area contributed by atoms with Crippen LogP contribution in [0.5, 0.6) is 11.5 Å². The Kier molecular flexibility index (Phi) is 6.67. The molecular formula is C18H17Cl2NO4. The Hall–Kier alpha value is -2.24. The third-order valence-corrected chi connectivity index (χ3v) is 3.87. The first-order valence-electron chi connectivity index (χ1n) is 7.44. The van der Waals surface area contributed by atoms with E-state index in [9.17, 15) is 9.59 Å². The number of amides is 1. The topological polar surface area (TPSA) is 64.6 Å². The van der Waals surface area contributed by atoms with Crippen molar-refractivity contribution in [2.75, 3.05) is 19.5 Å². The minimum absolute atomic E-state index is 0.0259. The number of nitrogens with one attached hydrogen (secondary N) is 1. The van der Waals surface area contributed by atoms with Crippen LogP contribution in [0, 0.1) is 0 Å². The largest absolute Gasteiger partial charge is 0.497 e. The lowest BCUT2D eigenvalue weighted by Gasteiger charge is -2.10. The number of anilines is 1. The van der Waals surface area contributed by atoms with Crippen molar-refractivity contribution in [2.24, 2.45) is 0 Å². The van der Waals surface area contributed by atoms with E-state index < -0.39 is 0 Å². The maximum Gasteiger partial charge on any atom is 0.224 e. The molecule has 1 amide bonds. The molecule has 0 aromatic heterocycles. The van der Waals surface area contributed by atoms with Gasteiger partial charge in [0.15, 0.2) is 5.78 Å². The van der Waals surface area contributed by atoms with Gasteiger partial charge in [0.1, 0.15) is 11.5 Å². The van der Waals surface area contributed by atoms with Crippen LogP contribution in [0.25, 0.3) is 0 Å². The van der Waals surface area contributed by atoms with Crippen molar-refractivity contribution in [2.45, 2.75) is 12.8 Å². The van der Waals surface area contributed by atoms with Gasteiger partial charge in [-0.3, -0.25) is 9.59 Å². The maximum atomic E-state index is 12.3. The Morgan fingerprint density at radius 2 is 1.64 bits per heavy atom. The Labute approximate surface area is 155 Å². The minimum atomic E-state index is -0.306. The summed E-state index contributed by atoms with van der Waals surface area (Å²) >= 11 is 11.8. The molecule has 0 spiro atoms. The van der Waals surface area contributed by atoms with Crippen LogP contribution in [0.3, 0.4) is 0 Å². The summed E-state index contributed by atoms with van der Waals surface area (Å²) in [6.45, 7) is 0. The van der Waals surface area contributed by atoms with Gasteiger partial charge in [0.25, 0.3) is 0 Å². The second kappa shape index (κ2) is 8.74. The normalized spacial score (nSPS) is 10.2. The van der Waals surface area contributed by atoms with Crippen LogP contribution in [-0.2, 0) is 4.79 Å². The number of ether oxygens (including phenoxy) is 2. The fourth-order valence-electron chi connectivity index (χ4n) is 2.24. The van der Waals surface area contributed by atoms with Gasteiger partial charge in [0, 0.05) is 34.6 Å². The number of methoxy groups -OCH3 is 2. The van der Waals surface area contributed by atoms with Crippen molar-refractivity contribution in [3.8, 4) is 11.5 Å². The van der Waals surface area contributed by atoms with E-state index >= 15 is 0 Å². The Morgan fingerprint density at radius 1 is 0.960 bits per heavy atom. The van der Waals surface area contributed by atoms with Crippen LogP contribution >= 0.6 is 23.2 Å². The van der Waals surface area contributed by atoms with Gasteiger partial charge in [0.2, 0.25) is 5.91 Å².